The largest absolute Gasteiger partial charge is 0.323 e. The summed E-state index contributed by atoms with van der Waals surface area (Å²) >= 11 is 12.3. The number of nitrogens with zero attached hydrogens (tertiary/aromatic N) is 3. The third-order valence-electron chi connectivity index (χ3n) is 3.81. The molecule has 0 aliphatic heterocycles. The van der Waals surface area contributed by atoms with Crippen LogP contribution in [0.15, 0.2) is 54.9 Å². The van der Waals surface area contributed by atoms with Crippen molar-refractivity contribution >= 4 is 40.5 Å². The van der Waals surface area contributed by atoms with Crippen molar-refractivity contribution in [3.63, 3.8) is 0 Å². The van der Waals surface area contributed by atoms with Crippen LogP contribution in [0, 0.1) is 10.1 Å². The Kier molecular flexibility index (Phi) is 5.73. The van der Waals surface area contributed by atoms with Gasteiger partial charge in [0.15, 0.2) is 0 Å². The van der Waals surface area contributed by atoms with Crippen LogP contribution in [0.5, 0.6) is 0 Å². The van der Waals surface area contributed by atoms with Crippen molar-refractivity contribution in [2.24, 2.45) is 0 Å². The molecule has 7 nitrogen and oxygen atoms in total. The summed E-state index contributed by atoms with van der Waals surface area (Å²) < 4.78 is 1.62. The Bertz CT molecular complexity index is 966. The number of rotatable bonds is 6. The van der Waals surface area contributed by atoms with Gasteiger partial charge in [-0.15, -0.1) is 0 Å². The Labute approximate surface area is 164 Å². The molecule has 0 aliphatic rings. The van der Waals surface area contributed by atoms with Crippen LogP contribution < -0.4 is 5.32 Å². The first kappa shape index (κ1) is 18.9. The summed E-state index contributed by atoms with van der Waals surface area (Å²) in [6, 6.07) is 11.1. The molecule has 1 heterocycles. The van der Waals surface area contributed by atoms with Crippen LogP contribution in [-0.4, -0.2) is 20.6 Å². The van der Waals surface area contributed by atoms with Crippen LogP contribution in [0.4, 0.5) is 11.4 Å². The lowest BCUT2D eigenvalue weighted by Crippen LogP contribution is -2.14. The highest BCUT2D eigenvalue weighted by molar-refractivity contribution is 6.35. The first-order chi connectivity index (χ1) is 12.9. The first-order valence-electron chi connectivity index (χ1n) is 7.91. The number of hydrogen-bond donors (Lipinski definition) is 1. The highest BCUT2D eigenvalue weighted by Crippen LogP contribution is 2.25. The first-order valence-corrected chi connectivity index (χ1v) is 8.66. The zero-order chi connectivity index (χ0) is 19.4. The number of anilines is 1. The summed E-state index contributed by atoms with van der Waals surface area (Å²) in [7, 11) is 0. The van der Waals surface area contributed by atoms with Gasteiger partial charge in [-0.1, -0.05) is 41.4 Å². The summed E-state index contributed by atoms with van der Waals surface area (Å²) in [5, 5.41) is 18.7. The maximum Gasteiger partial charge on any atom is 0.269 e. The Hall–Kier alpha value is -2.90. The zero-order valence-corrected chi connectivity index (χ0v) is 15.4. The molecule has 27 heavy (non-hydrogen) atoms. The van der Waals surface area contributed by atoms with Crippen molar-refractivity contribution in [3.05, 3.63) is 86.1 Å². The summed E-state index contributed by atoms with van der Waals surface area (Å²) in [4.78, 5) is 22.3. The lowest BCUT2D eigenvalue weighted by Gasteiger charge is -2.06. The zero-order valence-electron chi connectivity index (χ0n) is 13.9. The van der Waals surface area contributed by atoms with Gasteiger partial charge in [-0.2, -0.15) is 5.10 Å². The van der Waals surface area contributed by atoms with Gasteiger partial charge in [0.1, 0.15) is 0 Å². The van der Waals surface area contributed by atoms with Crippen LogP contribution in [0.3, 0.4) is 0 Å². The van der Waals surface area contributed by atoms with E-state index < -0.39 is 4.92 Å². The molecule has 3 rings (SSSR count). The summed E-state index contributed by atoms with van der Waals surface area (Å²) in [5.74, 6) is -0.251. The number of hydrogen-bond acceptors (Lipinski definition) is 4. The van der Waals surface area contributed by atoms with E-state index in [4.69, 9.17) is 23.2 Å². The Morgan fingerprint density at radius 1 is 1.15 bits per heavy atom. The molecule has 0 saturated carbocycles. The van der Waals surface area contributed by atoms with Gasteiger partial charge in [0.2, 0.25) is 5.91 Å². The number of benzene rings is 2. The quantitative estimate of drug-likeness (QED) is 0.488. The van der Waals surface area contributed by atoms with Crippen molar-refractivity contribution in [3.8, 4) is 0 Å². The molecular formula is C18H14Cl2N4O3. The van der Waals surface area contributed by atoms with Crippen molar-refractivity contribution < 1.29 is 9.72 Å². The van der Waals surface area contributed by atoms with Gasteiger partial charge in [0, 0.05) is 33.9 Å². The van der Waals surface area contributed by atoms with Gasteiger partial charge in [0.05, 0.1) is 29.8 Å². The number of carbonyl (C=O) groups excluding carboxylic acids is 1. The predicted octanol–water partition coefficient (Wildman–Crippen LogP) is 4.33. The van der Waals surface area contributed by atoms with Crippen LogP contribution >= 0.6 is 23.2 Å². The van der Waals surface area contributed by atoms with E-state index in [-0.39, 0.29) is 18.0 Å². The molecule has 138 valence electrons. The maximum atomic E-state index is 12.2. The van der Waals surface area contributed by atoms with Crippen LogP contribution in [0.2, 0.25) is 10.0 Å². The number of amides is 1. The van der Waals surface area contributed by atoms with E-state index in [9.17, 15) is 14.9 Å². The molecule has 0 saturated heterocycles. The Balaban J connectivity index is 1.61. The molecule has 0 unspecified atom stereocenters. The number of nitrogens with one attached hydrogen (secondary N) is 1. The molecule has 0 radical (unpaired) electrons. The third kappa shape index (κ3) is 4.84. The van der Waals surface area contributed by atoms with E-state index in [1.54, 1.807) is 41.2 Å². The van der Waals surface area contributed by atoms with Gasteiger partial charge in [-0.05, 0) is 17.7 Å². The number of non-ortho nitro benzene ring substituents is 1. The molecule has 0 bridgehead atoms. The lowest BCUT2D eigenvalue weighted by atomic mass is 10.1. The number of aromatic nitrogens is 2. The smallest absolute Gasteiger partial charge is 0.269 e. The van der Waals surface area contributed by atoms with E-state index in [0.717, 1.165) is 5.56 Å². The number of carbonyl (C=O) groups is 1. The second-order valence-corrected chi connectivity index (χ2v) is 6.59. The second kappa shape index (κ2) is 8.20. The number of nitro groups is 1. The Morgan fingerprint density at radius 3 is 2.44 bits per heavy atom. The van der Waals surface area contributed by atoms with Gasteiger partial charge < -0.3 is 5.32 Å². The normalized spacial score (nSPS) is 10.6. The second-order valence-electron chi connectivity index (χ2n) is 5.78. The predicted molar refractivity (Wildman–Crippen MR) is 103 cm³/mol. The monoisotopic (exact) mass is 404 g/mol. The topological polar surface area (TPSA) is 90.1 Å². The molecule has 0 fully saturated rings. The molecule has 9 heteroatoms. The third-order valence-corrected chi connectivity index (χ3v) is 4.52. The molecule has 1 amide bonds. The molecule has 1 aromatic heterocycles. The molecule has 0 spiro atoms. The minimum Gasteiger partial charge on any atom is -0.323 e. The maximum absolute atomic E-state index is 12.2. The van der Waals surface area contributed by atoms with Gasteiger partial charge in [-0.25, -0.2) is 0 Å². The van der Waals surface area contributed by atoms with E-state index in [2.05, 4.69) is 10.4 Å². The van der Waals surface area contributed by atoms with E-state index in [0.29, 0.717) is 27.8 Å². The van der Waals surface area contributed by atoms with Crippen molar-refractivity contribution in [2.45, 2.75) is 13.0 Å². The molecular weight excluding hydrogens is 391 g/mol. The van der Waals surface area contributed by atoms with Crippen molar-refractivity contribution in [2.75, 3.05) is 5.32 Å². The standard InChI is InChI=1S/C18H14Cl2N4O3/c19-16-2-1-3-17(20)15(16)11-23-10-13(9-21-23)22-18(25)8-12-4-6-14(7-5-12)24(26)27/h1-7,9-10H,8,11H2,(H,22,25). The number of nitro benzene ring substituents is 1. The minimum atomic E-state index is -0.483. The fraction of sp³-hybridized carbons (Fsp3) is 0.111. The van der Waals surface area contributed by atoms with Crippen LogP contribution in [0.25, 0.3) is 0 Å². The summed E-state index contributed by atoms with van der Waals surface area (Å²) in [6.45, 7) is 0.372. The van der Waals surface area contributed by atoms with E-state index in [1.165, 1.54) is 18.3 Å². The summed E-state index contributed by atoms with van der Waals surface area (Å²) in [6.07, 6.45) is 3.30. The highest BCUT2D eigenvalue weighted by atomic mass is 35.5. The van der Waals surface area contributed by atoms with Crippen LogP contribution in [-0.2, 0) is 17.8 Å². The Morgan fingerprint density at radius 2 is 1.81 bits per heavy atom. The van der Waals surface area contributed by atoms with E-state index in [1.807, 2.05) is 0 Å². The summed E-state index contributed by atoms with van der Waals surface area (Å²) in [5.41, 5.74) is 1.93. The lowest BCUT2D eigenvalue weighted by molar-refractivity contribution is -0.384. The van der Waals surface area contributed by atoms with Crippen LogP contribution in [0.1, 0.15) is 11.1 Å². The van der Waals surface area contributed by atoms with Crippen molar-refractivity contribution in [1.82, 2.24) is 9.78 Å². The fourth-order valence-corrected chi connectivity index (χ4v) is 3.00. The highest BCUT2D eigenvalue weighted by Gasteiger charge is 2.10. The van der Waals surface area contributed by atoms with Gasteiger partial charge in [-0.3, -0.25) is 19.6 Å². The SMILES string of the molecule is O=C(Cc1ccc([N+](=O)[O-])cc1)Nc1cnn(Cc2c(Cl)cccc2Cl)c1. The van der Waals surface area contributed by atoms with Gasteiger partial charge in [0.25, 0.3) is 5.69 Å². The molecule has 1 N–H and O–H groups in total. The van der Waals surface area contributed by atoms with Gasteiger partial charge >= 0.3 is 0 Å². The number of halogens is 2. The average Bonchev–Trinajstić information content (AvgIpc) is 3.05. The molecule has 0 atom stereocenters. The molecule has 0 aliphatic carbocycles. The molecule has 2 aromatic carbocycles. The average molecular weight is 405 g/mol. The molecule has 3 aromatic rings. The van der Waals surface area contributed by atoms with E-state index >= 15 is 0 Å². The minimum absolute atomic E-state index is 0.0151. The fourth-order valence-electron chi connectivity index (χ4n) is 2.49. The van der Waals surface area contributed by atoms with Crippen molar-refractivity contribution in [1.29, 1.82) is 0 Å².